The molecule has 7 nitrogen and oxygen atoms in total. The van der Waals surface area contributed by atoms with Gasteiger partial charge in [0.05, 0.1) is 4.90 Å². The minimum absolute atomic E-state index is 0.0174. The summed E-state index contributed by atoms with van der Waals surface area (Å²) in [7, 11) is -3.75. The van der Waals surface area contributed by atoms with Crippen LogP contribution in [0.1, 0.15) is 17.3 Å². The highest BCUT2D eigenvalue weighted by Crippen LogP contribution is 2.15. The summed E-state index contributed by atoms with van der Waals surface area (Å²) in [4.78, 5) is 24.9. The molecule has 120 valence electrons. The van der Waals surface area contributed by atoms with Crippen LogP contribution in [-0.2, 0) is 14.6 Å². The largest absolute Gasteiger partial charge is 0.369 e. The smallest absolute Gasteiger partial charge is 0.254 e. The summed E-state index contributed by atoms with van der Waals surface area (Å²) in [5.41, 5.74) is 5.34. The third-order valence-corrected chi connectivity index (χ3v) is 5.21. The van der Waals surface area contributed by atoms with Crippen molar-refractivity contribution in [3.63, 3.8) is 0 Å². The number of benzene rings is 1. The van der Waals surface area contributed by atoms with Crippen LogP contribution in [0.3, 0.4) is 0 Å². The first-order valence-electron chi connectivity index (χ1n) is 6.94. The van der Waals surface area contributed by atoms with Gasteiger partial charge in [-0.05, 0) is 31.2 Å². The maximum atomic E-state index is 12.4. The van der Waals surface area contributed by atoms with Gasteiger partial charge in [0.2, 0.25) is 5.91 Å². The minimum Gasteiger partial charge on any atom is -0.369 e. The molecule has 1 aliphatic rings. The lowest BCUT2D eigenvalue weighted by molar-refractivity contribution is -0.115. The lowest BCUT2D eigenvalue weighted by atomic mass is 10.1. The summed E-state index contributed by atoms with van der Waals surface area (Å²) in [6.07, 6.45) is 0. The molecule has 1 fully saturated rings. The molecule has 0 unspecified atom stereocenters. The molecule has 1 atom stereocenters. The predicted octanol–water partition coefficient (Wildman–Crippen LogP) is -0.620. The van der Waals surface area contributed by atoms with Crippen LogP contribution in [0.2, 0.25) is 0 Å². The molecule has 0 aliphatic carbocycles. The molecule has 8 heteroatoms. The molecule has 0 bridgehead atoms. The van der Waals surface area contributed by atoms with E-state index in [4.69, 9.17) is 5.73 Å². The molecule has 1 heterocycles. The Labute approximate surface area is 129 Å². The zero-order chi connectivity index (χ0) is 16.3. The molecule has 0 spiro atoms. The molecular weight excluding hydrogens is 306 g/mol. The number of hydrogen-bond donors (Lipinski definition) is 2. The second-order valence-corrected chi connectivity index (χ2v) is 7.29. The lowest BCUT2D eigenvalue weighted by Crippen LogP contribution is -2.52. The Hall–Kier alpha value is -1.93. The topological polar surface area (TPSA) is 110 Å². The fraction of sp³-hybridized carbons (Fsp3) is 0.429. The van der Waals surface area contributed by atoms with Gasteiger partial charge in [-0.15, -0.1) is 0 Å². The van der Waals surface area contributed by atoms with E-state index >= 15 is 0 Å². The van der Waals surface area contributed by atoms with Gasteiger partial charge in [0.1, 0.15) is 5.75 Å². The molecule has 2 rings (SSSR count). The van der Waals surface area contributed by atoms with Crippen LogP contribution in [0.25, 0.3) is 0 Å². The Morgan fingerprint density at radius 2 is 1.95 bits per heavy atom. The fourth-order valence-electron chi connectivity index (χ4n) is 2.38. The first kappa shape index (κ1) is 16.4. The van der Waals surface area contributed by atoms with E-state index in [1.165, 1.54) is 24.3 Å². The molecule has 1 aromatic carbocycles. The van der Waals surface area contributed by atoms with E-state index in [1.54, 1.807) is 4.90 Å². The fourth-order valence-corrected chi connectivity index (χ4v) is 3.48. The van der Waals surface area contributed by atoms with Crippen LogP contribution < -0.4 is 11.1 Å². The summed E-state index contributed by atoms with van der Waals surface area (Å²) in [5, 5.41) is 3.20. The molecule has 1 aliphatic heterocycles. The minimum atomic E-state index is -3.75. The number of carbonyl (C=O) groups excluding carboxylic acids is 2. The van der Waals surface area contributed by atoms with E-state index in [-0.39, 0.29) is 16.8 Å². The van der Waals surface area contributed by atoms with Gasteiger partial charge in [0, 0.05) is 31.2 Å². The molecule has 0 aromatic heterocycles. The van der Waals surface area contributed by atoms with Crippen LogP contribution in [0.4, 0.5) is 0 Å². The first-order chi connectivity index (χ1) is 10.3. The van der Waals surface area contributed by atoms with Crippen molar-refractivity contribution in [3.8, 4) is 0 Å². The SMILES string of the molecule is C[C@@H]1CNCCN1C(=O)c1ccc(S(=O)(=O)CC(N)=O)cc1. The van der Waals surface area contributed by atoms with Gasteiger partial charge < -0.3 is 16.0 Å². The highest BCUT2D eigenvalue weighted by molar-refractivity contribution is 7.92. The molecule has 22 heavy (non-hydrogen) atoms. The molecule has 2 amide bonds. The predicted molar refractivity (Wildman–Crippen MR) is 81.1 cm³/mol. The molecular formula is C14H19N3O4S. The number of rotatable bonds is 4. The van der Waals surface area contributed by atoms with Gasteiger partial charge in [-0.25, -0.2) is 8.42 Å². The van der Waals surface area contributed by atoms with Gasteiger partial charge in [0.25, 0.3) is 5.91 Å². The average Bonchev–Trinajstić information content (AvgIpc) is 2.46. The number of nitrogens with zero attached hydrogens (tertiary/aromatic N) is 1. The van der Waals surface area contributed by atoms with Crippen molar-refractivity contribution < 1.29 is 18.0 Å². The lowest BCUT2D eigenvalue weighted by Gasteiger charge is -2.34. The Kier molecular flexibility index (Phi) is 4.82. The zero-order valence-corrected chi connectivity index (χ0v) is 13.1. The number of sulfone groups is 1. The number of piperazine rings is 1. The highest BCUT2D eigenvalue weighted by Gasteiger charge is 2.24. The summed E-state index contributed by atoms with van der Waals surface area (Å²) >= 11 is 0. The maximum absolute atomic E-state index is 12.4. The summed E-state index contributed by atoms with van der Waals surface area (Å²) in [5.74, 6) is -1.78. The van der Waals surface area contributed by atoms with E-state index in [9.17, 15) is 18.0 Å². The second-order valence-electron chi connectivity index (χ2n) is 5.30. The van der Waals surface area contributed by atoms with E-state index in [1.807, 2.05) is 6.92 Å². The number of nitrogens with two attached hydrogens (primary N) is 1. The van der Waals surface area contributed by atoms with E-state index < -0.39 is 21.5 Å². The van der Waals surface area contributed by atoms with Crippen LogP contribution in [0.15, 0.2) is 29.2 Å². The Morgan fingerprint density at radius 3 is 2.50 bits per heavy atom. The Morgan fingerprint density at radius 1 is 1.32 bits per heavy atom. The summed E-state index contributed by atoms with van der Waals surface area (Å²) < 4.78 is 23.7. The average molecular weight is 325 g/mol. The third-order valence-electron chi connectivity index (χ3n) is 3.55. The third kappa shape index (κ3) is 3.63. The second kappa shape index (κ2) is 6.45. The van der Waals surface area contributed by atoms with Crippen molar-refractivity contribution in [2.45, 2.75) is 17.9 Å². The quantitative estimate of drug-likeness (QED) is 0.767. The summed E-state index contributed by atoms with van der Waals surface area (Å²) in [6.45, 7) is 4.04. The van der Waals surface area contributed by atoms with Gasteiger partial charge in [-0.1, -0.05) is 0 Å². The van der Waals surface area contributed by atoms with Crippen LogP contribution in [0, 0.1) is 0 Å². The number of carbonyl (C=O) groups is 2. The van der Waals surface area contributed by atoms with Gasteiger partial charge in [0.15, 0.2) is 9.84 Å². The molecule has 0 radical (unpaired) electrons. The number of primary amides is 1. The summed E-state index contributed by atoms with van der Waals surface area (Å²) in [6, 6.07) is 5.67. The van der Waals surface area contributed by atoms with Crippen molar-refractivity contribution >= 4 is 21.7 Å². The molecule has 3 N–H and O–H groups in total. The first-order valence-corrected chi connectivity index (χ1v) is 8.59. The van der Waals surface area contributed by atoms with Gasteiger partial charge in [-0.3, -0.25) is 9.59 Å². The van der Waals surface area contributed by atoms with Crippen LogP contribution in [0.5, 0.6) is 0 Å². The normalized spacial score (nSPS) is 19.0. The zero-order valence-electron chi connectivity index (χ0n) is 12.3. The van der Waals surface area contributed by atoms with Crippen LogP contribution >= 0.6 is 0 Å². The van der Waals surface area contributed by atoms with E-state index in [2.05, 4.69) is 5.32 Å². The molecule has 1 saturated heterocycles. The van der Waals surface area contributed by atoms with Crippen molar-refractivity contribution in [1.82, 2.24) is 10.2 Å². The van der Waals surface area contributed by atoms with Crippen molar-refractivity contribution in [2.24, 2.45) is 5.73 Å². The van der Waals surface area contributed by atoms with E-state index in [0.29, 0.717) is 12.1 Å². The maximum Gasteiger partial charge on any atom is 0.254 e. The highest BCUT2D eigenvalue weighted by atomic mass is 32.2. The van der Waals surface area contributed by atoms with E-state index in [0.717, 1.165) is 13.1 Å². The Balaban J connectivity index is 2.18. The van der Waals surface area contributed by atoms with Crippen molar-refractivity contribution in [3.05, 3.63) is 29.8 Å². The van der Waals surface area contributed by atoms with Crippen LogP contribution in [-0.4, -0.2) is 56.6 Å². The standard InChI is InChI=1S/C14H19N3O4S/c1-10-8-16-6-7-17(10)14(19)11-2-4-12(5-3-11)22(20,21)9-13(15)18/h2-5,10,16H,6-9H2,1H3,(H2,15,18)/t10-/m1/s1. The monoisotopic (exact) mass is 325 g/mol. The number of nitrogens with one attached hydrogen (secondary N) is 1. The van der Waals surface area contributed by atoms with Crippen molar-refractivity contribution in [2.75, 3.05) is 25.4 Å². The molecule has 0 saturated carbocycles. The van der Waals surface area contributed by atoms with Crippen molar-refractivity contribution in [1.29, 1.82) is 0 Å². The number of hydrogen-bond acceptors (Lipinski definition) is 5. The number of amides is 2. The van der Waals surface area contributed by atoms with Gasteiger partial charge in [-0.2, -0.15) is 0 Å². The Bertz CT molecular complexity index is 670. The van der Waals surface area contributed by atoms with Gasteiger partial charge >= 0.3 is 0 Å². The molecule has 1 aromatic rings.